The monoisotopic (exact) mass is 392 g/mol. The maximum absolute atomic E-state index is 12.2. The van der Waals surface area contributed by atoms with Gasteiger partial charge < -0.3 is 20.2 Å². The lowest BCUT2D eigenvalue weighted by molar-refractivity contribution is 0.0968. The molecule has 0 amide bonds. The van der Waals surface area contributed by atoms with Crippen LogP contribution in [0.15, 0.2) is 34.9 Å². The van der Waals surface area contributed by atoms with Crippen molar-refractivity contribution in [3.8, 4) is 0 Å². The first-order valence-electron chi connectivity index (χ1n) is 9.62. The van der Waals surface area contributed by atoms with Gasteiger partial charge in [0.05, 0.1) is 11.8 Å². The summed E-state index contributed by atoms with van der Waals surface area (Å²) >= 11 is 0. The number of rotatable bonds is 8. The van der Waals surface area contributed by atoms with Crippen molar-refractivity contribution in [3.05, 3.63) is 36.2 Å². The van der Waals surface area contributed by atoms with E-state index in [1.807, 2.05) is 24.3 Å². The van der Waals surface area contributed by atoms with Gasteiger partial charge in [0, 0.05) is 36.2 Å². The Labute approximate surface area is 165 Å². The first-order valence-corrected chi connectivity index (χ1v) is 9.62. The van der Waals surface area contributed by atoms with E-state index in [-0.39, 0.29) is 18.8 Å². The predicted octanol–water partition coefficient (Wildman–Crippen LogP) is 3.37. The van der Waals surface area contributed by atoms with Gasteiger partial charge in [-0.1, -0.05) is 0 Å². The molecule has 4 N–H and O–H groups in total. The minimum atomic E-state index is -0.0875. The largest absolute Gasteiger partial charge is 0.459 e. The van der Waals surface area contributed by atoms with Crippen molar-refractivity contribution in [2.45, 2.75) is 31.7 Å². The maximum atomic E-state index is 12.2. The molecule has 1 aliphatic carbocycles. The number of aromatic nitrogens is 4. The highest BCUT2D eigenvalue weighted by molar-refractivity contribution is 6.06. The van der Waals surface area contributed by atoms with Crippen molar-refractivity contribution in [2.24, 2.45) is 0 Å². The van der Waals surface area contributed by atoms with Gasteiger partial charge in [-0.2, -0.15) is 10.1 Å². The quantitative estimate of drug-likeness (QED) is 0.336. The average molecular weight is 392 g/mol. The molecule has 0 saturated heterocycles. The standard InChI is InChI=1S/C20H20N6O3/c27-8-1-2-16(28)17-13-6-5-12(10-15(13)25-26-17)22-20-23-14-7-9-29-18(14)19(24-20)21-11-3-4-11/h5-7,9-11,27H,1-4,8H2,(H,25,26)(H2,21,22,23,24). The van der Waals surface area contributed by atoms with E-state index in [9.17, 15) is 4.79 Å². The summed E-state index contributed by atoms with van der Waals surface area (Å²) < 4.78 is 5.52. The summed E-state index contributed by atoms with van der Waals surface area (Å²) in [6.07, 6.45) is 4.56. The fourth-order valence-electron chi connectivity index (χ4n) is 3.24. The van der Waals surface area contributed by atoms with Crippen LogP contribution in [0, 0.1) is 0 Å². The molecule has 0 aliphatic heterocycles. The number of aromatic amines is 1. The molecule has 9 nitrogen and oxygen atoms in total. The molecule has 1 saturated carbocycles. The van der Waals surface area contributed by atoms with Crippen LogP contribution in [-0.4, -0.2) is 43.7 Å². The number of carbonyl (C=O) groups excluding carboxylic acids is 1. The van der Waals surface area contributed by atoms with Gasteiger partial charge >= 0.3 is 0 Å². The van der Waals surface area contributed by atoms with Crippen molar-refractivity contribution < 1.29 is 14.3 Å². The van der Waals surface area contributed by atoms with Crippen molar-refractivity contribution in [1.82, 2.24) is 20.2 Å². The smallest absolute Gasteiger partial charge is 0.229 e. The molecule has 0 spiro atoms. The van der Waals surface area contributed by atoms with E-state index >= 15 is 0 Å². The van der Waals surface area contributed by atoms with E-state index in [2.05, 4.69) is 30.8 Å². The van der Waals surface area contributed by atoms with E-state index in [1.165, 1.54) is 0 Å². The predicted molar refractivity (Wildman–Crippen MR) is 108 cm³/mol. The van der Waals surface area contributed by atoms with Crippen molar-refractivity contribution in [3.63, 3.8) is 0 Å². The van der Waals surface area contributed by atoms with Crippen LogP contribution in [0.25, 0.3) is 22.0 Å². The molecule has 3 aromatic heterocycles. The lowest BCUT2D eigenvalue weighted by Crippen LogP contribution is -2.06. The number of H-pyrrole nitrogens is 1. The van der Waals surface area contributed by atoms with Crippen LogP contribution < -0.4 is 10.6 Å². The van der Waals surface area contributed by atoms with E-state index in [0.29, 0.717) is 35.5 Å². The molecule has 0 radical (unpaired) electrons. The fourth-order valence-corrected chi connectivity index (χ4v) is 3.24. The van der Waals surface area contributed by atoms with Gasteiger partial charge in [-0.15, -0.1) is 0 Å². The molecule has 3 heterocycles. The third-order valence-corrected chi connectivity index (χ3v) is 4.87. The Morgan fingerprint density at radius 3 is 3.00 bits per heavy atom. The Morgan fingerprint density at radius 2 is 2.17 bits per heavy atom. The second-order valence-electron chi connectivity index (χ2n) is 7.16. The van der Waals surface area contributed by atoms with Gasteiger partial charge in [-0.3, -0.25) is 9.89 Å². The number of furan rings is 1. The minimum absolute atomic E-state index is 0.0131. The highest BCUT2D eigenvalue weighted by atomic mass is 16.3. The number of aliphatic hydroxyl groups excluding tert-OH is 1. The summed E-state index contributed by atoms with van der Waals surface area (Å²) in [5.74, 6) is 1.06. The fraction of sp³-hybridized carbons (Fsp3) is 0.300. The molecule has 148 valence electrons. The Morgan fingerprint density at radius 1 is 1.28 bits per heavy atom. The molecular formula is C20H20N6O3. The first-order chi connectivity index (χ1) is 14.2. The van der Waals surface area contributed by atoms with Crippen molar-refractivity contribution >= 4 is 45.2 Å². The lowest BCUT2D eigenvalue weighted by Gasteiger charge is -2.09. The number of hydrogen-bond donors (Lipinski definition) is 4. The Balaban J connectivity index is 1.42. The summed E-state index contributed by atoms with van der Waals surface area (Å²) in [5.41, 5.74) is 3.29. The zero-order chi connectivity index (χ0) is 19.8. The number of carbonyl (C=O) groups is 1. The molecule has 4 aromatic rings. The molecule has 1 aliphatic rings. The Bertz CT molecular complexity index is 1190. The minimum Gasteiger partial charge on any atom is -0.459 e. The molecule has 5 rings (SSSR count). The van der Waals surface area contributed by atoms with Gasteiger partial charge in [0.15, 0.2) is 17.2 Å². The molecular weight excluding hydrogens is 372 g/mol. The molecule has 29 heavy (non-hydrogen) atoms. The molecule has 0 atom stereocenters. The number of aliphatic hydroxyl groups is 1. The summed E-state index contributed by atoms with van der Waals surface area (Å²) in [6, 6.07) is 7.81. The van der Waals surface area contributed by atoms with Crippen LogP contribution in [0.2, 0.25) is 0 Å². The zero-order valence-corrected chi connectivity index (χ0v) is 15.6. The van der Waals surface area contributed by atoms with E-state index in [0.717, 1.165) is 34.9 Å². The average Bonchev–Trinajstić information content (AvgIpc) is 3.24. The molecule has 9 heteroatoms. The number of benzene rings is 1. The van der Waals surface area contributed by atoms with Crippen molar-refractivity contribution in [1.29, 1.82) is 0 Å². The molecule has 1 fully saturated rings. The molecule has 1 aromatic carbocycles. The zero-order valence-electron chi connectivity index (χ0n) is 15.6. The number of nitrogens with zero attached hydrogens (tertiary/aromatic N) is 3. The number of nitrogens with one attached hydrogen (secondary N) is 3. The third-order valence-electron chi connectivity index (χ3n) is 4.87. The number of fused-ring (bicyclic) bond motifs is 2. The second-order valence-corrected chi connectivity index (χ2v) is 7.16. The molecule has 0 bridgehead atoms. The van der Waals surface area contributed by atoms with E-state index in [1.54, 1.807) is 6.26 Å². The van der Waals surface area contributed by atoms with Gasteiger partial charge in [-0.05, 0) is 37.5 Å². The maximum Gasteiger partial charge on any atom is 0.229 e. The highest BCUT2D eigenvalue weighted by Gasteiger charge is 2.24. The van der Waals surface area contributed by atoms with E-state index < -0.39 is 0 Å². The second kappa shape index (κ2) is 7.17. The van der Waals surface area contributed by atoms with Crippen LogP contribution in [0.5, 0.6) is 0 Å². The summed E-state index contributed by atoms with van der Waals surface area (Å²) in [6.45, 7) is -0.0131. The Hall–Kier alpha value is -3.46. The third kappa shape index (κ3) is 3.52. The normalized spacial score (nSPS) is 13.8. The number of Topliss-reactive ketones (excluding diaryl/α,β-unsaturated/α-hetero) is 1. The number of ketones is 1. The lowest BCUT2D eigenvalue weighted by atomic mass is 10.1. The van der Waals surface area contributed by atoms with Crippen molar-refractivity contribution in [2.75, 3.05) is 17.2 Å². The van der Waals surface area contributed by atoms with Crippen LogP contribution in [-0.2, 0) is 0 Å². The van der Waals surface area contributed by atoms with Gasteiger partial charge in [0.1, 0.15) is 11.2 Å². The van der Waals surface area contributed by atoms with Gasteiger partial charge in [0.2, 0.25) is 5.95 Å². The SMILES string of the molecule is O=C(CCCO)c1n[nH]c2cc(Nc3nc(NC4CC4)c4occc4n3)ccc12. The topological polar surface area (TPSA) is 129 Å². The summed E-state index contributed by atoms with van der Waals surface area (Å²) in [5, 5.41) is 23.3. The van der Waals surface area contributed by atoms with E-state index in [4.69, 9.17) is 9.52 Å². The van der Waals surface area contributed by atoms with Crippen LogP contribution in [0.1, 0.15) is 36.2 Å². The Kier molecular flexibility index (Phi) is 4.36. The summed E-state index contributed by atoms with van der Waals surface area (Å²) in [4.78, 5) is 21.3. The summed E-state index contributed by atoms with van der Waals surface area (Å²) in [7, 11) is 0. The van der Waals surface area contributed by atoms with Gasteiger partial charge in [-0.25, -0.2) is 4.98 Å². The van der Waals surface area contributed by atoms with Crippen LogP contribution in [0.4, 0.5) is 17.5 Å². The number of hydrogen-bond acceptors (Lipinski definition) is 8. The first kappa shape index (κ1) is 17.6. The highest BCUT2D eigenvalue weighted by Crippen LogP contribution is 2.30. The van der Waals surface area contributed by atoms with Gasteiger partial charge in [0.25, 0.3) is 0 Å². The molecule has 0 unspecified atom stereocenters. The van der Waals surface area contributed by atoms with Crippen LogP contribution >= 0.6 is 0 Å². The number of anilines is 3. The van der Waals surface area contributed by atoms with Crippen LogP contribution in [0.3, 0.4) is 0 Å².